The number of halogens is 3. The van der Waals surface area contributed by atoms with Gasteiger partial charge in [0.05, 0.1) is 0 Å². The second kappa shape index (κ2) is 37.3. The molecule has 0 aliphatic heterocycles. The SMILES string of the molecule is O=C(O)O.[Ca+2].[Cl-].[Cl-].[Cl-].[H-].[K+].[K+]. The van der Waals surface area contributed by atoms with E-state index in [1.165, 1.54) is 0 Å². The van der Waals surface area contributed by atoms with Crippen molar-refractivity contribution in [2.75, 3.05) is 0 Å². The van der Waals surface area contributed by atoms with E-state index < -0.39 is 6.16 Å². The van der Waals surface area contributed by atoms with Crippen LogP contribution in [-0.4, -0.2) is 54.1 Å². The number of hydrogen-bond donors (Lipinski definition) is 2. The summed E-state index contributed by atoms with van der Waals surface area (Å²) in [5.41, 5.74) is 0. The van der Waals surface area contributed by atoms with Crippen LogP contribution in [-0.2, 0) is 0 Å². The van der Waals surface area contributed by atoms with Gasteiger partial charge in [0.1, 0.15) is 0 Å². The Hall–Kier alpha value is 4.67. The van der Waals surface area contributed by atoms with Gasteiger partial charge in [0.15, 0.2) is 0 Å². The fourth-order valence-corrected chi connectivity index (χ4v) is 0. The Morgan fingerprint density at radius 2 is 1.00 bits per heavy atom. The van der Waals surface area contributed by atoms with E-state index in [2.05, 4.69) is 0 Å². The van der Waals surface area contributed by atoms with Crippen molar-refractivity contribution in [1.82, 2.24) is 0 Å². The number of rotatable bonds is 0. The first kappa shape index (κ1) is 46.6. The summed E-state index contributed by atoms with van der Waals surface area (Å²) in [4.78, 5) is 8.56. The summed E-state index contributed by atoms with van der Waals surface area (Å²) in [6, 6.07) is 0. The van der Waals surface area contributed by atoms with E-state index in [4.69, 9.17) is 15.0 Å². The molecule has 3 nitrogen and oxygen atoms in total. The molecule has 0 heterocycles. The molecule has 0 aliphatic carbocycles. The molecule has 0 aromatic heterocycles. The zero-order chi connectivity index (χ0) is 3.58. The van der Waals surface area contributed by atoms with E-state index in [-0.39, 0.29) is 179 Å². The van der Waals surface area contributed by atoms with Crippen LogP contribution in [0.3, 0.4) is 0 Å². The topological polar surface area (TPSA) is 57.5 Å². The normalized spacial score (nSPS) is 2.40. The molecule has 0 radical (unpaired) electrons. The minimum atomic E-state index is -1.83. The van der Waals surface area contributed by atoms with E-state index in [1.54, 1.807) is 0 Å². The first-order chi connectivity index (χ1) is 1.73. The van der Waals surface area contributed by atoms with Gasteiger partial charge in [-0.05, 0) is 0 Å². The van der Waals surface area contributed by atoms with Crippen LogP contribution in [0.25, 0.3) is 0 Å². The maximum Gasteiger partial charge on any atom is 2.00 e. The average Bonchev–Trinajstić information content (AvgIpc) is 0.811. The summed E-state index contributed by atoms with van der Waals surface area (Å²) < 4.78 is 0. The summed E-state index contributed by atoms with van der Waals surface area (Å²) in [6.45, 7) is 0. The van der Waals surface area contributed by atoms with E-state index in [0.717, 1.165) is 0 Å². The van der Waals surface area contributed by atoms with Crippen molar-refractivity contribution in [1.29, 1.82) is 0 Å². The molecule has 0 amide bonds. The second-order valence-electron chi connectivity index (χ2n) is 0.283. The molecule has 0 saturated heterocycles. The van der Waals surface area contributed by atoms with Gasteiger partial charge in [0.25, 0.3) is 0 Å². The molecular formula is CH3CaCl3K2O3. The van der Waals surface area contributed by atoms with E-state index in [0.29, 0.717) is 0 Å². The monoisotopic (exact) mass is 286 g/mol. The van der Waals surface area contributed by atoms with Crippen molar-refractivity contribution in [3.8, 4) is 0 Å². The predicted molar refractivity (Wildman–Crippen MR) is 17.5 cm³/mol. The van der Waals surface area contributed by atoms with Gasteiger partial charge >= 0.3 is 147 Å². The van der Waals surface area contributed by atoms with Crippen LogP contribution in [0.4, 0.5) is 4.79 Å². The summed E-state index contributed by atoms with van der Waals surface area (Å²) in [7, 11) is 0. The average molecular weight is 288 g/mol. The quantitative estimate of drug-likeness (QED) is 0.435. The summed E-state index contributed by atoms with van der Waals surface area (Å²) in [6.07, 6.45) is -1.83. The Morgan fingerprint density at radius 1 is 1.00 bits per heavy atom. The molecule has 0 atom stereocenters. The summed E-state index contributed by atoms with van der Waals surface area (Å²) in [5.74, 6) is 0. The van der Waals surface area contributed by atoms with E-state index in [9.17, 15) is 0 Å². The fraction of sp³-hybridized carbons (Fsp3) is 0. The zero-order valence-electron chi connectivity index (χ0n) is 6.64. The number of hydrogen-bond acceptors (Lipinski definition) is 1. The van der Waals surface area contributed by atoms with Gasteiger partial charge in [-0.2, -0.15) is 0 Å². The molecule has 0 fully saturated rings. The van der Waals surface area contributed by atoms with Crippen LogP contribution in [0.1, 0.15) is 1.43 Å². The standard InChI is InChI=1S/CH2O3.Ca.3ClH.2K.H/c2-1(3)4;;;;;;;/h(H2,2,3,4);;3*1H;;;/q;+2;;;;2*+1;-1/p-3. The molecule has 0 saturated carbocycles. The Morgan fingerprint density at radius 3 is 1.00 bits per heavy atom. The summed E-state index contributed by atoms with van der Waals surface area (Å²) >= 11 is 0. The Kier molecular flexibility index (Phi) is 174. The maximum absolute atomic E-state index is 8.56. The summed E-state index contributed by atoms with van der Waals surface area (Å²) in [5, 5.41) is 13.9. The molecule has 0 unspecified atom stereocenters. The third kappa shape index (κ3) is 79.1. The third-order valence-corrected chi connectivity index (χ3v) is 0. The Balaban J connectivity index is -0.00000000214. The first-order valence-electron chi connectivity index (χ1n) is 0.651. The van der Waals surface area contributed by atoms with Crippen molar-refractivity contribution >= 4 is 43.9 Å². The van der Waals surface area contributed by atoms with Gasteiger partial charge in [-0.1, -0.05) is 0 Å². The number of carboxylic acid groups (broad SMARTS) is 2. The van der Waals surface area contributed by atoms with Crippen LogP contribution >= 0.6 is 0 Å². The van der Waals surface area contributed by atoms with Gasteiger partial charge in [-0.3, -0.25) is 0 Å². The van der Waals surface area contributed by atoms with Crippen LogP contribution in [0.5, 0.6) is 0 Å². The van der Waals surface area contributed by atoms with Crippen LogP contribution < -0.4 is 140 Å². The van der Waals surface area contributed by atoms with Crippen molar-refractivity contribution in [3.63, 3.8) is 0 Å². The van der Waals surface area contributed by atoms with Gasteiger partial charge in [-0.25, -0.2) is 4.79 Å². The van der Waals surface area contributed by atoms with Crippen LogP contribution in [0, 0.1) is 0 Å². The van der Waals surface area contributed by atoms with Crippen molar-refractivity contribution in [2.24, 2.45) is 0 Å². The first-order valence-corrected chi connectivity index (χ1v) is 0.651. The predicted octanol–water partition coefficient (Wildman–Crippen LogP) is -15.0. The van der Waals surface area contributed by atoms with E-state index >= 15 is 0 Å². The molecule has 0 aromatic rings. The van der Waals surface area contributed by atoms with Crippen molar-refractivity contribution in [3.05, 3.63) is 0 Å². The smallest absolute Gasteiger partial charge is 1.00 e. The third-order valence-electron chi connectivity index (χ3n) is 0. The number of carbonyl (C=O) groups is 1. The molecular weight excluding hydrogens is 285 g/mol. The van der Waals surface area contributed by atoms with Gasteiger partial charge < -0.3 is 48.9 Å². The van der Waals surface area contributed by atoms with Crippen molar-refractivity contribution < 1.29 is 156 Å². The molecule has 50 valence electrons. The van der Waals surface area contributed by atoms with Gasteiger partial charge in [0.2, 0.25) is 0 Å². The minimum absolute atomic E-state index is 0. The Bertz CT molecular complexity index is 49.6. The fourth-order valence-electron chi connectivity index (χ4n) is 0. The maximum atomic E-state index is 8.56. The van der Waals surface area contributed by atoms with E-state index in [1.807, 2.05) is 0 Å². The molecule has 0 aliphatic rings. The second-order valence-corrected chi connectivity index (χ2v) is 0.283. The molecule has 2 N–H and O–H groups in total. The Labute approximate surface area is 194 Å². The molecule has 0 aromatic carbocycles. The zero-order valence-corrected chi connectivity index (χ0v) is 16.4. The largest absolute Gasteiger partial charge is 2.00 e. The van der Waals surface area contributed by atoms with Crippen LogP contribution in [0.15, 0.2) is 0 Å². The molecule has 0 bridgehead atoms. The molecule has 0 spiro atoms. The van der Waals surface area contributed by atoms with Gasteiger partial charge in [-0.15, -0.1) is 0 Å². The van der Waals surface area contributed by atoms with Gasteiger partial charge in [0, 0.05) is 0 Å². The van der Waals surface area contributed by atoms with Crippen molar-refractivity contribution in [2.45, 2.75) is 0 Å². The molecule has 10 heavy (non-hydrogen) atoms. The van der Waals surface area contributed by atoms with Crippen LogP contribution in [0.2, 0.25) is 0 Å². The molecule has 9 heteroatoms. The molecule has 0 rings (SSSR count). The minimum Gasteiger partial charge on any atom is -1.00 e.